The fraction of sp³-hybridized carbons (Fsp3) is 0.289. The van der Waals surface area contributed by atoms with Gasteiger partial charge in [-0.1, -0.05) is 87.5 Å². The SMILES string of the molecule is COc1ccc(CCN(CCC(=O)O)C(=O)c2ccccc2-c2ccccc2C(=O)NCc2ccc(C(C)(C)C)cc2)cc1OC. The molecule has 0 fully saturated rings. The lowest BCUT2D eigenvalue weighted by Crippen LogP contribution is -2.35. The Morgan fingerprint density at radius 3 is 1.93 bits per heavy atom. The topological polar surface area (TPSA) is 105 Å². The van der Waals surface area contributed by atoms with Crippen molar-refractivity contribution in [1.29, 1.82) is 0 Å². The van der Waals surface area contributed by atoms with Gasteiger partial charge in [-0.15, -0.1) is 0 Å². The first kappa shape index (κ1) is 33.8. The molecule has 0 spiro atoms. The van der Waals surface area contributed by atoms with E-state index in [0.717, 1.165) is 11.1 Å². The van der Waals surface area contributed by atoms with Crippen LogP contribution in [0.5, 0.6) is 11.5 Å². The van der Waals surface area contributed by atoms with Crippen molar-refractivity contribution in [1.82, 2.24) is 10.2 Å². The third-order valence-corrected chi connectivity index (χ3v) is 7.89. The van der Waals surface area contributed by atoms with Gasteiger partial charge in [-0.3, -0.25) is 14.4 Å². The number of carboxylic acid groups (broad SMARTS) is 1. The van der Waals surface area contributed by atoms with Crippen LogP contribution < -0.4 is 14.8 Å². The first-order valence-corrected chi connectivity index (χ1v) is 15.3. The highest BCUT2D eigenvalue weighted by molar-refractivity contribution is 6.06. The summed E-state index contributed by atoms with van der Waals surface area (Å²) >= 11 is 0. The van der Waals surface area contributed by atoms with Gasteiger partial charge >= 0.3 is 5.97 Å². The minimum Gasteiger partial charge on any atom is -0.493 e. The number of ether oxygens (including phenoxy) is 2. The molecule has 0 saturated heterocycles. The van der Waals surface area contributed by atoms with Gasteiger partial charge in [0.05, 0.1) is 20.6 Å². The summed E-state index contributed by atoms with van der Waals surface area (Å²) in [5, 5.41) is 12.5. The molecular weight excluding hydrogens is 580 g/mol. The van der Waals surface area contributed by atoms with E-state index >= 15 is 0 Å². The van der Waals surface area contributed by atoms with Crippen molar-refractivity contribution >= 4 is 17.8 Å². The van der Waals surface area contributed by atoms with E-state index in [1.807, 2.05) is 48.5 Å². The first-order chi connectivity index (χ1) is 22.0. The zero-order valence-electron chi connectivity index (χ0n) is 27.1. The molecule has 2 N–H and O–H groups in total. The van der Waals surface area contributed by atoms with Gasteiger partial charge in [0.2, 0.25) is 0 Å². The molecule has 4 rings (SSSR count). The molecule has 0 aliphatic heterocycles. The Kier molecular flexibility index (Phi) is 11.2. The summed E-state index contributed by atoms with van der Waals surface area (Å²) in [6, 6.07) is 28.1. The maximum absolute atomic E-state index is 14.1. The van der Waals surface area contributed by atoms with Gasteiger partial charge in [-0.25, -0.2) is 0 Å². The van der Waals surface area contributed by atoms with E-state index in [0.29, 0.717) is 46.7 Å². The first-order valence-electron chi connectivity index (χ1n) is 15.3. The predicted octanol–water partition coefficient (Wildman–Crippen LogP) is 6.76. The molecule has 4 aromatic rings. The van der Waals surface area contributed by atoms with E-state index in [1.54, 1.807) is 49.5 Å². The largest absolute Gasteiger partial charge is 0.493 e. The molecule has 0 saturated carbocycles. The van der Waals surface area contributed by atoms with Crippen molar-refractivity contribution in [2.24, 2.45) is 0 Å². The minimum absolute atomic E-state index is 0.0337. The van der Waals surface area contributed by atoms with E-state index in [4.69, 9.17) is 9.47 Å². The number of hydrogen-bond acceptors (Lipinski definition) is 5. The fourth-order valence-corrected chi connectivity index (χ4v) is 5.24. The third-order valence-electron chi connectivity index (χ3n) is 7.89. The molecule has 0 atom stereocenters. The van der Waals surface area contributed by atoms with E-state index < -0.39 is 5.97 Å². The summed E-state index contributed by atoms with van der Waals surface area (Å²) in [5.41, 5.74) is 5.19. The standard InChI is InChI=1S/C38H42N2O6/c1-38(2,3)28-17-14-27(15-18-28)25-39-36(43)31-12-8-6-10-29(31)30-11-7-9-13-32(30)37(44)40(23-21-35(41)42)22-20-26-16-19-33(45-4)34(24-26)46-5/h6-19,24H,20-23,25H2,1-5H3,(H,39,43)(H,41,42). The van der Waals surface area contributed by atoms with Crippen LogP contribution in [-0.2, 0) is 23.2 Å². The van der Waals surface area contributed by atoms with Gasteiger partial charge in [-0.05, 0) is 63.9 Å². The third kappa shape index (κ3) is 8.53. The Labute approximate surface area is 271 Å². The van der Waals surface area contributed by atoms with E-state index in [1.165, 1.54) is 5.56 Å². The van der Waals surface area contributed by atoms with Gasteiger partial charge in [-0.2, -0.15) is 0 Å². The van der Waals surface area contributed by atoms with Gasteiger partial charge < -0.3 is 24.8 Å². The molecule has 46 heavy (non-hydrogen) atoms. The molecule has 2 amide bonds. The molecule has 8 nitrogen and oxygen atoms in total. The maximum atomic E-state index is 14.1. The van der Waals surface area contributed by atoms with E-state index in [2.05, 4.69) is 38.2 Å². The van der Waals surface area contributed by atoms with Crippen LogP contribution in [0, 0.1) is 0 Å². The second kappa shape index (κ2) is 15.3. The summed E-state index contributed by atoms with van der Waals surface area (Å²) in [6.07, 6.45) is 0.277. The average Bonchev–Trinajstić information content (AvgIpc) is 3.06. The highest BCUT2D eigenvalue weighted by Crippen LogP contribution is 2.30. The quantitative estimate of drug-likeness (QED) is 0.171. The summed E-state index contributed by atoms with van der Waals surface area (Å²) in [6.45, 7) is 7.16. The highest BCUT2D eigenvalue weighted by atomic mass is 16.5. The zero-order valence-corrected chi connectivity index (χ0v) is 27.1. The molecule has 4 aromatic carbocycles. The number of carboxylic acids is 1. The number of carbonyl (C=O) groups is 3. The van der Waals surface area contributed by atoms with Gasteiger partial charge in [0.1, 0.15) is 0 Å². The van der Waals surface area contributed by atoms with Crippen LogP contribution in [0.2, 0.25) is 0 Å². The van der Waals surface area contributed by atoms with Crippen molar-refractivity contribution in [3.63, 3.8) is 0 Å². The molecule has 0 aromatic heterocycles. The highest BCUT2D eigenvalue weighted by Gasteiger charge is 2.23. The van der Waals surface area contributed by atoms with Crippen molar-refractivity contribution in [3.8, 4) is 22.6 Å². The Bertz CT molecular complexity index is 1670. The number of hydrogen-bond donors (Lipinski definition) is 2. The Balaban J connectivity index is 1.58. The van der Waals surface area contributed by atoms with Gasteiger partial charge in [0.15, 0.2) is 11.5 Å². The van der Waals surface area contributed by atoms with Crippen molar-refractivity contribution < 1.29 is 29.0 Å². The van der Waals surface area contributed by atoms with Crippen molar-refractivity contribution in [3.05, 3.63) is 119 Å². The number of benzene rings is 4. The smallest absolute Gasteiger partial charge is 0.305 e. The zero-order chi connectivity index (χ0) is 33.3. The van der Waals surface area contributed by atoms with Gasteiger partial charge in [0.25, 0.3) is 11.8 Å². The molecule has 0 bridgehead atoms. The van der Waals surface area contributed by atoms with E-state index in [-0.39, 0.29) is 36.7 Å². The van der Waals surface area contributed by atoms with E-state index in [9.17, 15) is 19.5 Å². The maximum Gasteiger partial charge on any atom is 0.305 e. The monoisotopic (exact) mass is 622 g/mol. The molecule has 8 heteroatoms. The average molecular weight is 623 g/mol. The molecule has 0 unspecified atom stereocenters. The molecule has 240 valence electrons. The van der Waals surface area contributed by atoms with Crippen LogP contribution in [0.1, 0.15) is 64.6 Å². The Hall–Kier alpha value is -5.11. The fourth-order valence-electron chi connectivity index (χ4n) is 5.24. The van der Waals surface area contributed by atoms with Crippen LogP contribution >= 0.6 is 0 Å². The van der Waals surface area contributed by atoms with Crippen LogP contribution in [0.25, 0.3) is 11.1 Å². The molecule has 0 heterocycles. The number of carbonyl (C=O) groups excluding carboxylic acids is 2. The number of nitrogens with zero attached hydrogens (tertiary/aromatic N) is 1. The lowest BCUT2D eigenvalue weighted by Gasteiger charge is -2.24. The minimum atomic E-state index is -0.993. The second-order valence-corrected chi connectivity index (χ2v) is 12.1. The van der Waals surface area contributed by atoms with Crippen LogP contribution in [0.4, 0.5) is 0 Å². The summed E-state index contributed by atoms with van der Waals surface area (Å²) in [5.74, 6) is -0.390. The number of rotatable bonds is 13. The summed E-state index contributed by atoms with van der Waals surface area (Å²) < 4.78 is 10.7. The van der Waals surface area contributed by atoms with Gasteiger partial charge in [0, 0.05) is 30.8 Å². The second-order valence-electron chi connectivity index (χ2n) is 12.1. The predicted molar refractivity (Wildman–Crippen MR) is 180 cm³/mol. The number of amides is 2. The van der Waals surface area contributed by atoms with Crippen molar-refractivity contribution in [2.45, 2.75) is 45.6 Å². The number of aliphatic carboxylic acids is 1. The van der Waals surface area contributed by atoms with Crippen molar-refractivity contribution in [2.75, 3.05) is 27.3 Å². The van der Waals surface area contributed by atoms with Crippen LogP contribution in [0.3, 0.4) is 0 Å². The Morgan fingerprint density at radius 2 is 1.33 bits per heavy atom. The summed E-state index contributed by atoms with van der Waals surface area (Å²) in [7, 11) is 3.12. The molecule has 0 radical (unpaired) electrons. The Morgan fingerprint density at radius 1 is 0.739 bits per heavy atom. The lowest BCUT2D eigenvalue weighted by molar-refractivity contribution is -0.137. The normalized spacial score (nSPS) is 11.1. The molecule has 0 aliphatic carbocycles. The number of nitrogens with one attached hydrogen (secondary N) is 1. The number of methoxy groups -OCH3 is 2. The molecular formula is C38H42N2O6. The molecule has 0 aliphatic rings. The summed E-state index contributed by atoms with van der Waals surface area (Å²) in [4.78, 5) is 40.6. The lowest BCUT2D eigenvalue weighted by atomic mass is 9.87. The van der Waals surface area contributed by atoms with Crippen LogP contribution in [-0.4, -0.2) is 55.1 Å². The van der Waals surface area contributed by atoms with Crippen LogP contribution in [0.15, 0.2) is 91.0 Å².